The molecule has 0 aromatic heterocycles. The van der Waals surface area contributed by atoms with Crippen LogP contribution in [-0.4, -0.2) is 24.2 Å². The normalized spacial score (nSPS) is 10.2. The van der Waals surface area contributed by atoms with Gasteiger partial charge in [0.05, 0.1) is 12.1 Å². The molecule has 3 nitrogen and oxygen atoms in total. The van der Waals surface area contributed by atoms with Crippen molar-refractivity contribution in [2.75, 3.05) is 18.0 Å². The average Bonchev–Trinajstić information content (AvgIpc) is 2.27. The van der Waals surface area contributed by atoms with E-state index < -0.39 is 17.6 Å². The van der Waals surface area contributed by atoms with Gasteiger partial charge in [0.2, 0.25) is 0 Å². The third-order valence-electron chi connectivity index (χ3n) is 2.31. The summed E-state index contributed by atoms with van der Waals surface area (Å²) in [7, 11) is 0. The number of carboxylic acids is 1. The number of hydrogen-bond donors (Lipinski definition) is 1. The monoisotopic (exact) mass is 255 g/mol. The summed E-state index contributed by atoms with van der Waals surface area (Å²) in [6, 6.07) is 3.10. The lowest BCUT2D eigenvalue weighted by Crippen LogP contribution is -2.28. The van der Waals surface area contributed by atoms with Crippen LogP contribution in [0.3, 0.4) is 0 Å². The summed E-state index contributed by atoms with van der Waals surface area (Å²) in [5.74, 6) is -2.13. The summed E-state index contributed by atoms with van der Waals surface area (Å²) in [5.41, 5.74) is 0.795. The molecule has 0 aliphatic carbocycles. The van der Waals surface area contributed by atoms with Crippen molar-refractivity contribution in [3.05, 3.63) is 42.0 Å². The molecule has 1 N–H and O–H groups in total. The minimum Gasteiger partial charge on any atom is -0.481 e. The van der Waals surface area contributed by atoms with Gasteiger partial charge in [0.25, 0.3) is 0 Å². The van der Waals surface area contributed by atoms with Crippen LogP contribution in [0.1, 0.15) is 13.3 Å². The third kappa shape index (κ3) is 4.16. The molecule has 0 bridgehead atoms. The fourth-order valence-electron chi connectivity index (χ4n) is 1.57. The zero-order chi connectivity index (χ0) is 13.7. The predicted octanol–water partition coefficient (Wildman–Crippen LogP) is 2.82. The van der Waals surface area contributed by atoms with E-state index in [0.29, 0.717) is 0 Å². The number of aliphatic carboxylic acids is 1. The van der Waals surface area contributed by atoms with Gasteiger partial charge in [0.1, 0.15) is 11.6 Å². The van der Waals surface area contributed by atoms with Crippen LogP contribution in [0.2, 0.25) is 0 Å². The minimum atomic E-state index is -0.987. The second kappa shape index (κ2) is 6.14. The molecule has 1 aromatic carbocycles. The molecule has 0 aliphatic heterocycles. The van der Waals surface area contributed by atoms with Crippen molar-refractivity contribution in [3.8, 4) is 0 Å². The van der Waals surface area contributed by atoms with Crippen LogP contribution in [0.5, 0.6) is 0 Å². The minimum absolute atomic E-state index is 0.0549. The van der Waals surface area contributed by atoms with Crippen molar-refractivity contribution < 1.29 is 18.7 Å². The van der Waals surface area contributed by atoms with E-state index in [1.165, 1.54) is 4.90 Å². The van der Waals surface area contributed by atoms with Gasteiger partial charge in [-0.15, -0.1) is 0 Å². The van der Waals surface area contributed by atoms with E-state index in [2.05, 4.69) is 6.58 Å². The summed E-state index contributed by atoms with van der Waals surface area (Å²) in [4.78, 5) is 12.0. The first kappa shape index (κ1) is 14.2. The quantitative estimate of drug-likeness (QED) is 0.795. The SMILES string of the molecule is C=C(C)CN(CCC(=O)O)c1cc(F)ccc1F. The van der Waals surface area contributed by atoms with Gasteiger partial charge in [-0.2, -0.15) is 0 Å². The van der Waals surface area contributed by atoms with Crippen LogP contribution in [-0.2, 0) is 4.79 Å². The number of benzene rings is 1. The summed E-state index contributed by atoms with van der Waals surface area (Å²) in [6.07, 6.45) is -0.150. The smallest absolute Gasteiger partial charge is 0.305 e. The first-order chi connectivity index (χ1) is 8.40. The molecule has 0 fully saturated rings. The Morgan fingerprint density at radius 1 is 1.44 bits per heavy atom. The number of hydrogen-bond acceptors (Lipinski definition) is 2. The van der Waals surface area contributed by atoms with E-state index in [1.807, 2.05) is 0 Å². The Hall–Kier alpha value is -1.91. The molecule has 0 saturated heterocycles. The Balaban J connectivity index is 2.96. The van der Waals surface area contributed by atoms with Gasteiger partial charge in [-0.05, 0) is 19.1 Å². The predicted molar refractivity (Wildman–Crippen MR) is 65.6 cm³/mol. The van der Waals surface area contributed by atoms with Gasteiger partial charge in [-0.1, -0.05) is 12.2 Å². The van der Waals surface area contributed by atoms with Crippen molar-refractivity contribution >= 4 is 11.7 Å². The highest BCUT2D eigenvalue weighted by atomic mass is 19.1. The molecule has 0 unspecified atom stereocenters. The summed E-state index contributed by atoms with van der Waals surface area (Å²) in [6.45, 7) is 5.82. The number of halogens is 2. The number of rotatable bonds is 6. The van der Waals surface area contributed by atoms with Crippen molar-refractivity contribution in [2.24, 2.45) is 0 Å². The molecule has 1 aromatic rings. The Kier molecular flexibility index (Phi) is 4.83. The maximum atomic E-state index is 13.6. The van der Waals surface area contributed by atoms with Crippen LogP contribution < -0.4 is 4.90 Å². The van der Waals surface area contributed by atoms with Gasteiger partial charge in [-0.25, -0.2) is 8.78 Å². The molecule has 0 spiro atoms. The van der Waals surface area contributed by atoms with Crippen molar-refractivity contribution in [1.82, 2.24) is 0 Å². The Bertz CT molecular complexity index is 460. The highest BCUT2D eigenvalue weighted by molar-refractivity contribution is 5.67. The van der Waals surface area contributed by atoms with Crippen molar-refractivity contribution in [2.45, 2.75) is 13.3 Å². The highest BCUT2D eigenvalue weighted by Crippen LogP contribution is 2.21. The molecule has 5 heteroatoms. The first-order valence-electron chi connectivity index (χ1n) is 5.46. The van der Waals surface area contributed by atoms with Gasteiger partial charge in [-0.3, -0.25) is 4.79 Å². The van der Waals surface area contributed by atoms with Crippen LogP contribution in [0.15, 0.2) is 30.4 Å². The zero-order valence-corrected chi connectivity index (χ0v) is 10.1. The van der Waals surface area contributed by atoms with Crippen LogP contribution >= 0.6 is 0 Å². The fourth-order valence-corrected chi connectivity index (χ4v) is 1.57. The number of nitrogens with zero attached hydrogens (tertiary/aromatic N) is 1. The maximum Gasteiger partial charge on any atom is 0.305 e. The van der Waals surface area contributed by atoms with E-state index >= 15 is 0 Å². The maximum absolute atomic E-state index is 13.6. The Morgan fingerprint density at radius 2 is 2.11 bits per heavy atom. The van der Waals surface area contributed by atoms with Gasteiger partial charge < -0.3 is 10.0 Å². The van der Waals surface area contributed by atoms with Crippen molar-refractivity contribution in [1.29, 1.82) is 0 Å². The summed E-state index contributed by atoms with van der Waals surface area (Å²) < 4.78 is 26.7. The Morgan fingerprint density at radius 3 is 2.67 bits per heavy atom. The van der Waals surface area contributed by atoms with Gasteiger partial charge in [0.15, 0.2) is 0 Å². The molecule has 0 heterocycles. The molecular weight excluding hydrogens is 240 g/mol. The molecule has 18 heavy (non-hydrogen) atoms. The van der Waals surface area contributed by atoms with E-state index in [4.69, 9.17) is 5.11 Å². The molecule has 1 rings (SSSR count). The van der Waals surface area contributed by atoms with Crippen LogP contribution in [0, 0.1) is 11.6 Å². The molecule has 0 aliphatic rings. The van der Waals surface area contributed by atoms with E-state index in [9.17, 15) is 13.6 Å². The third-order valence-corrected chi connectivity index (χ3v) is 2.31. The number of anilines is 1. The van der Waals surface area contributed by atoms with Crippen LogP contribution in [0.4, 0.5) is 14.5 Å². The lowest BCUT2D eigenvalue weighted by atomic mass is 10.2. The first-order valence-corrected chi connectivity index (χ1v) is 5.46. The van der Waals surface area contributed by atoms with E-state index in [-0.39, 0.29) is 25.2 Å². The summed E-state index contributed by atoms with van der Waals surface area (Å²) >= 11 is 0. The largest absolute Gasteiger partial charge is 0.481 e. The van der Waals surface area contributed by atoms with Gasteiger partial charge in [0, 0.05) is 19.2 Å². The Labute approximate surface area is 104 Å². The number of carboxylic acid groups (broad SMARTS) is 1. The molecule has 0 radical (unpaired) electrons. The molecule has 0 amide bonds. The zero-order valence-electron chi connectivity index (χ0n) is 10.1. The second-order valence-electron chi connectivity index (χ2n) is 4.12. The molecule has 98 valence electrons. The fraction of sp³-hybridized carbons (Fsp3) is 0.308. The molecule has 0 atom stereocenters. The van der Waals surface area contributed by atoms with E-state index in [0.717, 1.165) is 23.8 Å². The molecule has 0 saturated carbocycles. The highest BCUT2D eigenvalue weighted by Gasteiger charge is 2.14. The summed E-state index contributed by atoms with van der Waals surface area (Å²) in [5, 5.41) is 8.65. The number of carbonyl (C=O) groups is 1. The lowest BCUT2D eigenvalue weighted by Gasteiger charge is -2.24. The standard InChI is InChI=1S/C13H15F2NO2/c1-9(2)8-16(6-5-13(17)18)12-7-10(14)3-4-11(12)15/h3-4,7H,1,5-6,8H2,2H3,(H,17,18). The van der Waals surface area contributed by atoms with Crippen LogP contribution in [0.25, 0.3) is 0 Å². The van der Waals surface area contributed by atoms with E-state index in [1.54, 1.807) is 6.92 Å². The average molecular weight is 255 g/mol. The second-order valence-corrected chi connectivity index (χ2v) is 4.12. The lowest BCUT2D eigenvalue weighted by molar-refractivity contribution is -0.136. The topological polar surface area (TPSA) is 40.5 Å². The molecular formula is C13H15F2NO2. The van der Waals surface area contributed by atoms with Gasteiger partial charge >= 0.3 is 5.97 Å². The van der Waals surface area contributed by atoms with Crippen molar-refractivity contribution in [3.63, 3.8) is 0 Å².